The first-order valence-corrected chi connectivity index (χ1v) is 11.0. The lowest BCUT2D eigenvalue weighted by molar-refractivity contribution is 0.386. The lowest BCUT2D eigenvalue weighted by Gasteiger charge is -2.11. The topological polar surface area (TPSA) is 9.23 Å². The van der Waals surface area contributed by atoms with Gasteiger partial charge >= 0.3 is 0 Å². The van der Waals surface area contributed by atoms with Crippen molar-refractivity contribution < 1.29 is 17.9 Å². The molecule has 0 saturated carbocycles. The van der Waals surface area contributed by atoms with E-state index in [1.165, 1.54) is 13.2 Å². The maximum atomic E-state index is 14.9. The van der Waals surface area contributed by atoms with E-state index in [2.05, 4.69) is 0 Å². The molecule has 4 aromatic rings. The zero-order valence-electron chi connectivity index (χ0n) is 18.7. The van der Waals surface area contributed by atoms with Crippen LogP contribution in [0.1, 0.15) is 23.6 Å². The first-order valence-electron chi connectivity index (χ1n) is 11.0. The molecular formula is C29H25F3O. The lowest BCUT2D eigenvalue weighted by atomic mass is 9.96. The third kappa shape index (κ3) is 4.95. The molecule has 0 aliphatic rings. The zero-order chi connectivity index (χ0) is 23.4. The molecule has 4 aromatic carbocycles. The molecule has 0 bridgehead atoms. The Hall–Kier alpha value is -3.53. The quantitative estimate of drug-likeness (QED) is 0.281. The molecule has 33 heavy (non-hydrogen) atoms. The maximum Gasteiger partial charge on any atom is 0.167 e. The summed E-state index contributed by atoms with van der Waals surface area (Å²) in [5.41, 5.74) is 4.79. The van der Waals surface area contributed by atoms with Gasteiger partial charge in [-0.15, -0.1) is 0 Å². The second-order valence-electron chi connectivity index (χ2n) is 8.00. The van der Waals surface area contributed by atoms with Crippen LogP contribution in [0.3, 0.4) is 0 Å². The Morgan fingerprint density at radius 2 is 1.09 bits per heavy atom. The van der Waals surface area contributed by atoms with Crippen molar-refractivity contribution in [2.24, 2.45) is 0 Å². The number of ether oxygens (including phenoxy) is 1. The van der Waals surface area contributed by atoms with Gasteiger partial charge in [0.2, 0.25) is 0 Å². The van der Waals surface area contributed by atoms with Crippen LogP contribution in [0.5, 0.6) is 5.75 Å². The number of hydrogen-bond acceptors (Lipinski definition) is 1. The summed E-state index contributed by atoms with van der Waals surface area (Å²) in [6, 6.07) is 23.0. The van der Waals surface area contributed by atoms with Gasteiger partial charge in [-0.1, -0.05) is 73.7 Å². The van der Waals surface area contributed by atoms with E-state index in [4.69, 9.17) is 4.74 Å². The predicted molar refractivity (Wildman–Crippen MR) is 127 cm³/mol. The van der Waals surface area contributed by atoms with Crippen LogP contribution in [0, 0.1) is 17.5 Å². The van der Waals surface area contributed by atoms with Crippen molar-refractivity contribution in [3.8, 4) is 28.0 Å². The third-order valence-electron chi connectivity index (χ3n) is 5.94. The fraction of sp³-hybridized carbons (Fsp3) is 0.172. The Morgan fingerprint density at radius 1 is 0.606 bits per heavy atom. The number of aryl methyl sites for hydroxylation is 3. The van der Waals surface area contributed by atoms with Gasteiger partial charge in [-0.05, 0) is 59.2 Å². The van der Waals surface area contributed by atoms with Gasteiger partial charge in [0, 0.05) is 11.1 Å². The third-order valence-corrected chi connectivity index (χ3v) is 5.94. The molecule has 168 valence electrons. The second-order valence-corrected chi connectivity index (χ2v) is 8.00. The van der Waals surface area contributed by atoms with Crippen molar-refractivity contribution in [2.75, 3.05) is 7.11 Å². The summed E-state index contributed by atoms with van der Waals surface area (Å²) in [7, 11) is 1.44. The SMILES string of the molecule is CCc1ccc(-c2ccc(-c3ccc(CCc4ccc(OC)c(F)c4)cc3)c(F)c2F)cc1. The first-order chi connectivity index (χ1) is 16.0. The monoisotopic (exact) mass is 446 g/mol. The Morgan fingerprint density at radius 3 is 1.58 bits per heavy atom. The Kier molecular flexibility index (Phi) is 6.83. The first kappa shape index (κ1) is 22.7. The molecule has 0 N–H and O–H groups in total. The van der Waals surface area contributed by atoms with Gasteiger partial charge in [0.05, 0.1) is 7.11 Å². The maximum absolute atomic E-state index is 14.9. The van der Waals surface area contributed by atoms with E-state index in [1.54, 1.807) is 30.3 Å². The predicted octanol–water partition coefficient (Wildman–Crippen LogP) is 7.79. The minimum Gasteiger partial charge on any atom is -0.494 e. The van der Waals surface area contributed by atoms with Gasteiger partial charge in [0.25, 0.3) is 0 Å². The van der Waals surface area contributed by atoms with Crippen LogP contribution in [0.2, 0.25) is 0 Å². The summed E-state index contributed by atoms with van der Waals surface area (Å²) in [5.74, 6) is -1.86. The van der Waals surface area contributed by atoms with Crippen LogP contribution in [-0.4, -0.2) is 7.11 Å². The van der Waals surface area contributed by atoms with Gasteiger partial charge in [0.15, 0.2) is 23.2 Å². The Bertz CT molecular complexity index is 1250. The van der Waals surface area contributed by atoms with E-state index < -0.39 is 11.6 Å². The molecule has 0 unspecified atom stereocenters. The van der Waals surface area contributed by atoms with E-state index >= 15 is 0 Å². The molecule has 0 fully saturated rings. The molecule has 0 heterocycles. The number of halogens is 3. The van der Waals surface area contributed by atoms with Crippen molar-refractivity contribution in [3.63, 3.8) is 0 Å². The van der Waals surface area contributed by atoms with Crippen molar-refractivity contribution in [1.82, 2.24) is 0 Å². The average molecular weight is 447 g/mol. The van der Waals surface area contributed by atoms with E-state index in [9.17, 15) is 13.2 Å². The van der Waals surface area contributed by atoms with E-state index in [1.807, 2.05) is 49.4 Å². The molecule has 4 heteroatoms. The molecule has 0 aliphatic heterocycles. The van der Waals surface area contributed by atoms with Gasteiger partial charge in [0.1, 0.15) is 0 Å². The van der Waals surface area contributed by atoms with Crippen molar-refractivity contribution in [3.05, 3.63) is 113 Å². The molecule has 0 atom stereocenters. The average Bonchev–Trinajstić information content (AvgIpc) is 2.85. The highest BCUT2D eigenvalue weighted by molar-refractivity contribution is 5.72. The van der Waals surface area contributed by atoms with Crippen LogP contribution in [-0.2, 0) is 19.3 Å². The number of rotatable bonds is 7. The van der Waals surface area contributed by atoms with Gasteiger partial charge < -0.3 is 4.74 Å². The highest BCUT2D eigenvalue weighted by atomic mass is 19.2. The van der Waals surface area contributed by atoms with Gasteiger partial charge in [-0.3, -0.25) is 0 Å². The summed E-state index contributed by atoms with van der Waals surface area (Å²) >= 11 is 0. The minimum atomic E-state index is -0.853. The molecule has 1 nitrogen and oxygen atoms in total. The number of hydrogen-bond donors (Lipinski definition) is 0. The largest absolute Gasteiger partial charge is 0.494 e. The number of methoxy groups -OCH3 is 1. The molecule has 0 saturated heterocycles. The highest BCUT2D eigenvalue weighted by Gasteiger charge is 2.16. The van der Waals surface area contributed by atoms with Crippen LogP contribution < -0.4 is 4.74 Å². The van der Waals surface area contributed by atoms with Crippen LogP contribution >= 0.6 is 0 Å². The molecule has 0 spiro atoms. The summed E-state index contributed by atoms with van der Waals surface area (Å²) < 4.78 is 48.6. The van der Waals surface area contributed by atoms with Crippen molar-refractivity contribution in [1.29, 1.82) is 0 Å². The highest BCUT2D eigenvalue weighted by Crippen LogP contribution is 2.32. The van der Waals surface area contributed by atoms with Crippen LogP contribution in [0.15, 0.2) is 78.9 Å². The second kappa shape index (κ2) is 9.95. The lowest BCUT2D eigenvalue weighted by Crippen LogP contribution is -1.96. The number of benzene rings is 4. The Labute approximate surface area is 192 Å². The van der Waals surface area contributed by atoms with Gasteiger partial charge in [-0.2, -0.15) is 0 Å². The summed E-state index contributed by atoms with van der Waals surface area (Å²) in [4.78, 5) is 0. The fourth-order valence-electron chi connectivity index (χ4n) is 3.92. The van der Waals surface area contributed by atoms with Crippen molar-refractivity contribution in [2.45, 2.75) is 26.2 Å². The summed E-state index contributed by atoms with van der Waals surface area (Å²) in [6.07, 6.45) is 2.26. The van der Waals surface area contributed by atoms with E-state index in [0.29, 0.717) is 24.0 Å². The zero-order valence-corrected chi connectivity index (χ0v) is 18.7. The molecule has 0 aromatic heterocycles. The van der Waals surface area contributed by atoms with Crippen molar-refractivity contribution >= 4 is 0 Å². The summed E-state index contributed by atoms with van der Waals surface area (Å²) in [6.45, 7) is 2.05. The van der Waals surface area contributed by atoms with Crippen LogP contribution in [0.4, 0.5) is 13.2 Å². The van der Waals surface area contributed by atoms with Crippen LogP contribution in [0.25, 0.3) is 22.3 Å². The smallest absolute Gasteiger partial charge is 0.167 e. The van der Waals surface area contributed by atoms with E-state index in [-0.39, 0.29) is 22.7 Å². The minimum absolute atomic E-state index is 0.223. The normalized spacial score (nSPS) is 10.9. The molecule has 0 amide bonds. The van der Waals surface area contributed by atoms with E-state index in [0.717, 1.165) is 23.1 Å². The molecule has 0 radical (unpaired) electrons. The molecular weight excluding hydrogens is 421 g/mol. The summed E-state index contributed by atoms with van der Waals surface area (Å²) in [5, 5.41) is 0. The fourth-order valence-corrected chi connectivity index (χ4v) is 3.92. The Balaban J connectivity index is 1.50. The van der Waals surface area contributed by atoms with Gasteiger partial charge in [-0.25, -0.2) is 13.2 Å². The standard InChI is InChI=1S/C29H25F3O/c1-3-19-6-11-22(12-7-19)24-15-16-25(29(32)28(24)31)23-13-8-20(9-14-23)4-5-21-10-17-27(33-2)26(30)18-21/h6-18H,3-5H2,1-2H3. The molecule has 4 rings (SSSR count). The molecule has 0 aliphatic carbocycles.